The van der Waals surface area contributed by atoms with Gasteiger partial charge in [-0.2, -0.15) is 0 Å². The Hall–Kier alpha value is -2.60. The molecule has 2 N–H and O–H groups in total. The third-order valence-electron chi connectivity index (χ3n) is 5.68. The van der Waals surface area contributed by atoms with Gasteiger partial charge in [0.15, 0.2) is 0 Å². The molecule has 30 heavy (non-hydrogen) atoms. The molecular formula is C24H28N2O3S. The van der Waals surface area contributed by atoms with E-state index in [4.69, 9.17) is 4.42 Å². The predicted octanol–water partition coefficient (Wildman–Crippen LogP) is 5.43. The fourth-order valence-electron chi connectivity index (χ4n) is 4.08. The highest BCUT2D eigenvalue weighted by molar-refractivity contribution is 7.17. The highest BCUT2D eigenvalue weighted by Crippen LogP contribution is 2.38. The lowest BCUT2D eigenvalue weighted by atomic mass is 9.95. The molecule has 6 heteroatoms. The largest absolute Gasteiger partial charge is 0.464 e. The van der Waals surface area contributed by atoms with Crippen LogP contribution in [0.4, 0.5) is 5.00 Å². The Morgan fingerprint density at radius 3 is 2.77 bits per heavy atom. The summed E-state index contributed by atoms with van der Waals surface area (Å²) in [5.41, 5.74) is 4.64. The molecule has 1 aromatic carbocycles. The summed E-state index contributed by atoms with van der Waals surface area (Å²) in [6, 6.07) is 6.14. The van der Waals surface area contributed by atoms with Gasteiger partial charge in [-0.15, -0.1) is 11.3 Å². The van der Waals surface area contributed by atoms with Crippen LogP contribution in [0.15, 0.2) is 28.9 Å². The van der Waals surface area contributed by atoms with Crippen LogP contribution in [-0.2, 0) is 24.1 Å². The Kier molecular flexibility index (Phi) is 5.95. The lowest BCUT2D eigenvalue weighted by molar-refractivity contribution is -0.115. The molecule has 0 fully saturated rings. The molecule has 2 amide bonds. The van der Waals surface area contributed by atoms with Crippen LogP contribution in [0, 0.1) is 0 Å². The number of anilines is 1. The van der Waals surface area contributed by atoms with E-state index in [2.05, 4.69) is 36.6 Å². The number of thiophene rings is 1. The van der Waals surface area contributed by atoms with E-state index in [-0.39, 0.29) is 18.2 Å². The Morgan fingerprint density at radius 1 is 1.20 bits per heavy atom. The van der Waals surface area contributed by atoms with Gasteiger partial charge in [-0.1, -0.05) is 19.9 Å². The average molecular weight is 425 g/mol. The van der Waals surface area contributed by atoms with Crippen molar-refractivity contribution in [3.05, 3.63) is 51.6 Å². The zero-order chi connectivity index (χ0) is 21.3. The van der Waals surface area contributed by atoms with Gasteiger partial charge in [-0.25, -0.2) is 0 Å². The van der Waals surface area contributed by atoms with Crippen LogP contribution in [0.1, 0.15) is 71.5 Å². The van der Waals surface area contributed by atoms with Crippen molar-refractivity contribution in [1.29, 1.82) is 0 Å². The first-order valence-electron chi connectivity index (χ1n) is 10.7. The van der Waals surface area contributed by atoms with E-state index in [9.17, 15) is 9.59 Å². The number of carbonyl (C=O) groups excluding carboxylic acids is 2. The molecule has 1 aliphatic carbocycles. The van der Waals surface area contributed by atoms with Crippen LogP contribution < -0.4 is 10.6 Å². The third kappa shape index (κ3) is 4.01. The van der Waals surface area contributed by atoms with E-state index in [1.165, 1.54) is 10.4 Å². The van der Waals surface area contributed by atoms with Crippen LogP contribution >= 0.6 is 11.3 Å². The number of hydrogen-bond acceptors (Lipinski definition) is 4. The monoisotopic (exact) mass is 424 g/mol. The molecule has 0 aliphatic heterocycles. The zero-order valence-corrected chi connectivity index (χ0v) is 18.6. The van der Waals surface area contributed by atoms with Gasteiger partial charge in [0, 0.05) is 22.4 Å². The minimum atomic E-state index is -0.128. The predicted molar refractivity (Wildman–Crippen MR) is 122 cm³/mol. The van der Waals surface area contributed by atoms with E-state index < -0.39 is 0 Å². The molecule has 1 aliphatic rings. The fraction of sp³-hybridized carbons (Fsp3) is 0.417. The van der Waals surface area contributed by atoms with E-state index in [0.29, 0.717) is 23.0 Å². The van der Waals surface area contributed by atoms with Gasteiger partial charge in [0.25, 0.3) is 5.91 Å². The SMILES string of the molecule is CCNC(=O)c1c(NC(=O)Cc2coc3ccc(C(C)C)cc23)sc2c1CCCC2. The summed E-state index contributed by atoms with van der Waals surface area (Å²) in [5.74, 6) is 0.183. The van der Waals surface area contributed by atoms with Gasteiger partial charge in [-0.3, -0.25) is 9.59 Å². The van der Waals surface area contributed by atoms with Crippen molar-refractivity contribution in [3.63, 3.8) is 0 Å². The van der Waals surface area contributed by atoms with Crippen molar-refractivity contribution >= 4 is 39.1 Å². The van der Waals surface area contributed by atoms with Crippen LogP contribution in [-0.4, -0.2) is 18.4 Å². The summed E-state index contributed by atoms with van der Waals surface area (Å²) in [5, 5.41) is 7.58. The third-order valence-corrected chi connectivity index (χ3v) is 6.89. The minimum absolute atomic E-state index is 0.0949. The molecule has 3 aromatic rings. The van der Waals surface area contributed by atoms with Gasteiger partial charge in [0.1, 0.15) is 10.6 Å². The summed E-state index contributed by atoms with van der Waals surface area (Å²) >= 11 is 1.55. The van der Waals surface area contributed by atoms with Crippen molar-refractivity contribution in [2.75, 3.05) is 11.9 Å². The Morgan fingerprint density at radius 2 is 2.00 bits per heavy atom. The van der Waals surface area contributed by atoms with Crippen LogP contribution in [0.3, 0.4) is 0 Å². The quantitative estimate of drug-likeness (QED) is 0.554. The maximum atomic E-state index is 12.9. The topological polar surface area (TPSA) is 71.3 Å². The normalized spacial score (nSPS) is 13.5. The fourth-order valence-corrected chi connectivity index (χ4v) is 5.39. The Bertz CT molecular complexity index is 1090. The van der Waals surface area contributed by atoms with Crippen LogP contribution in [0.2, 0.25) is 0 Å². The molecular weight excluding hydrogens is 396 g/mol. The van der Waals surface area contributed by atoms with Crippen molar-refractivity contribution in [1.82, 2.24) is 5.32 Å². The zero-order valence-electron chi connectivity index (χ0n) is 17.8. The Labute approximate surface area is 180 Å². The number of furan rings is 1. The van der Waals surface area contributed by atoms with E-state index in [0.717, 1.165) is 47.8 Å². The number of nitrogens with one attached hydrogen (secondary N) is 2. The van der Waals surface area contributed by atoms with Crippen LogP contribution in [0.25, 0.3) is 11.0 Å². The molecule has 0 spiro atoms. The smallest absolute Gasteiger partial charge is 0.254 e. The molecule has 0 unspecified atom stereocenters. The van der Waals surface area contributed by atoms with E-state index in [1.807, 2.05) is 13.0 Å². The molecule has 0 saturated carbocycles. The average Bonchev–Trinajstić information content (AvgIpc) is 3.28. The van der Waals surface area contributed by atoms with Gasteiger partial charge in [-0.05, 0) is 61.8 Å². The van der Waals surface area contributed by atoms with Crippen molar-refractivity contribution in [2.24, 2.45) is 0 Å². The molecule has 0 bridgehead atoms. The summed E-state index contributed by atoms with van der Waals surface area (Å²) in [7, 11) is 0. The maximum Gasteiger partial charge on any atom is 0.254 e. The van der Waals surface area contributed by atoms with Crippen LogP contribution in [0.5, 0.6) is 0 Å². The van der Waals surface area contributed by atoms with Gasteiger partial charge in [0.05, 0.1) is 18.2 Å². The van der Waals surface area contributed by atoms with Gasteiger partial charge >= 0.3 is 0 Å². The number of hydrogen-bond donors (Lipinski definition) is 2. The first-order valence-corrected chi connectivity index (χ1v) is 11.5. The van der Waals surface area contributed by atoms with Crippen molar-refractivity contribution in [3.8, 4) is 0 Å². The highest BCUT2D eigenvalue weighted by Gasteiger charge is 2.26. The molecule has 0 atom stereocenters. The van der Waals surface area contributed by atoms with E-state index in [1.54, 1.807) is 17.6 Å². The first kappa shape index (κ1) is 20.7. The van der Waals surface area contributed by atoms with Crippen molar-refractivity contribution in [2.45, 2.75) is 58.8 Å². The molecule has 5 nitrogen and oxygen atoms in total. The highest BCUT2D eigenvalue weighted by atomic mass is 32.1. The number of fused-ring (bicyclic) bond motifs is 2. The second kappa shape index (κ2) is 8.64. The lowest BCUT2D eigenvalue weighted by Crippen LogP contribution is -2.25. The summed E-state index contributed by atoms with van der Waals surface area (Å²) in [6.07, 6.45) is 5.98. The second-order valence-corrected chi connectivity index (χ2v) is 9.28. The standard InChI is InChI=1S/C24H28N2O3S/c1-4-25-23(28)22-17-7-5-6-8-20(17)30-24(22)26-21(27)12-16-13-29-19-10-9-15(14(2)3)11-18(16)19/h9-11,13-14H,4-8,12H2,1-3H3,(H,25,28)(H,26,27). The van der Waals surface area contributed by atoms with Gasteiger partial charge < -0.3 is 15.1 Å². The number of amides is 2. The lowest BCUT2D eigenvalue weighted by Gasteiger charge is -2.12. The molecule has 0 radical (unpaired) electrons. The second-order valence-electron chi connectivity index (χ2n) is 8.17. The van der Waals surface area contributed by atoms with Gasteiger partial charge in [0.2, 0.25) is 5.91 Å². The first-order chi connectivity index (χ1) is 14.5. The summed E-state index contributed by atoms with van der Waals surface area (Å²) in [4.78, 5) is 26.8. The molecule has 2 heterocycles. The molecule has 4 rings (SSSR count). The Balaban J connectivity index is 1.59. The number of carbonyl (C=O) groups is 2. The van der Waals surface area contributed by atoms with Crippen molar-refractivity contribution < 1.29 is 14.0 Å². The molecule has 158 valence electrons. The maximum absolute atomic E-state index is 12.9. The molecule has 0 saturated heterocycles. The minimum Gasteiger partial charge on any atom is -0.464 e. The summed E-state index contributed by atoms with van der Waals surface area (Å²) < 4.78 is 5.65. The summed E-state index contributed by atoms with van der Waals surface area (Å²) in [6.45, 7) is 6.77. The molecule has 2 aromatic heterocycles. The number of aryl methyl sites for hydroxylation is 1. The van der Waals surface area contributed by atoms with E-state index >= 15 is 0 Å². The number of rotatable bonds is 6. The number of benzene rings is 1.